The second-order valence-electron chi connectivity index (χ2n) is 3.95. The van der Waals surface area contributed by atoms with Crippen LogP contribution in [-0.4, -0.2) is 36.3 Å². The Bertz CT molecular complexity index is 548. The van der Waals surface area contributed by atoms with Gasteiger partial charge in [0.1, 0.15) is 12.4 Å². The Morgan fingerprint density at radius 3 is 3.06 bits per heavy atom. The van der Waals surface area contributed by atoms with Gasteiger partial charge in [-0.3, -0.25) is 4.79 Å². The summed E-state index contributed by atoms with van der Waals surface area (Å²) in [4.78, 5) is 14.1. The SMILES string of the molecule is COc1cccc2[nH]cc(CCNC(=O)CO)c12. The van der Waals surface area contributed by atoms with Gasteiger partial charge in [0, 0.05) is 23.6 Å². The molecule has 0 aliphatic carbocycles. The number of hydrogen-bond donors (Lipinski definition) is 3. The number of carbonyl (C=O) groups is 1. The Labute approximate surface area is 105 Å². The number of aliphatic hydroxyl groups is 1. The Hall–Kier alpha value is -2.01. The molecule has 2 rings (SSSR count). The van der Waals surface area contributed by atoms with E-state index in [2.05, 4.69) is 10.3 Å². The van der Waals surface area contributed by atoms with Crippen LogP contribution < -0.4 is 10.1 Å². The van der Waals surface area contributed by atoms with Crippen LogP contribution in [0.1, 0.15) is 5.56 Å². The van der Waals surface area contributed by atoms with Crippen LogP contribution >= 0.6 is 0 Å². The summed E-state index contributed by atoms with van der Waals surface area (Å²) >= 11 is 0. The molecular weight excluding hydrogens is 232 g/mol. The summed E-state index contributed by atoms with van der Waals surface area (Å²) in [5.41, 5.74) is 2.10. The van der Waals surface area contributed by atoms with Gasteiger partial charge in [-0.2, -0.15) is 0 Å². The third kappa shape index (κ3) is 2.46. The van der Waals surface area contributed by atoms with E-state index < -0.39 is 6.61 Å². The summed E-state index contributed by atoms with van der Waals surface area (Å²) in [5.74, 6) is 0.457. The molecule has 0 bridgehead atoms. The molecule has 0 spiro atoms. The minimum atomic E-state index is -0.475. The smallest absolute Gasteiger partial charge is 0.245 e. The van der Waals surface area contributed by atoms with Crippen molar-refractivity contribution in [2.75, 3.05) is 20.3 Å². The van der Waals surface area contributed by atoms with E-state index in [1.165, 1.54) is 0 Å². The molecule has 3 N–H and O–H groups in total. The molecule has 0 saturated carbocycles. The van der Waals surface area contributed by atoms with Gasteiger partial charge in [0.2, 0.25) is 5.91 Å². The predicted molar refractivity (Wildman–Crippen MR) is 68.7 cm³/mol. The Morgan fingerprint density at radius 2 is 2.33 bits per heavy atom. The van der Waals surface area contributed by atoms with Gasteiger partial charge in [-0.15, -0.1) is 0 Å². The molecule has 0 fully saturated rings. The van der Waals surface area contributed by atoms with Gasteiger partial charge in [-0.1, -0.05) is 6.07 Å². The molecule has 0 aliphatic rings. The maximum atomic E-state index is 10.9. The van der Waals surface area contributed by atoms with E-state index in [9.17, 15) is 4.79 Å². The lowest BCUT2D eigenvalue weighted by Gasteiger charge is -2.05. The van der Waals surface area contributed by atoms with Crippen molar-refractivity contribution in [3.05, 3.63) is 30.0 Å². The lowest BCUT2D eigenvalue weighted by Crippen LogP contribution is -2.28. The van der Waals surface area contributed by atoms with Crippen LogP contribution in [0.4, 0.5) is 0 Å². The fourth-order valence-electron chi connectivity index (χ4n) is 1.98. The first-order valence-electron chi connectivity index (χ1n) is 5.76. The summed E-state index contributed by atoms with van der Waals surface area (Å²) in [7, 11) is 1.64. The predicted octanol–water partition coefficient (Wildman–Crippen LogP) is 0.827. The maximum Gasteiger partial charge on any atom is 0.245 e. The third-order valence-corrected chi connectivity index (χ3v) is 2.83. The average molecular weight is 248 g/mol. The second kappa shape index (κ2) is 5.55. The molecule has 2 aromatic rings. The highest BCUT2D eigenvalue weighted by atomic mass is 16.5. The lowest BCUT2D eigenvalue weighted by atomic mass is 10.1. The second-order valence-corrected chi connectivity index (χ2v) is 3.95. The highest BCUT2D eigenvalue weighted by Crippen LogP contribution is 2.28. The number of aromatic amines is 1. The van der Waals surface area contributed by atoms with Crippen molar-refractivity contribution in [3.8, 4) is 5.75 Å². The first-order valence-corrected chi connectivity index (χ1v) is 5.76. The van der Waals surface area contributed by atoms with E-state index in [1.807, 2.05) is 24.4 Å². The summed E-state index contributed by atoms with van der Waals surface area (Å²) < 4.78 is 5.33. The highest BCUT2D eigenvalue weighted by molar-refractivity contribution is 5.89. The number of aliphatic hydroxyl groups excluding tert-OH is 1. The van der Waals surface area contributed by atoms with Crippen LogP contribution in [0.2, 0.25) is 0 Å². The number of H-pyrrole nitrogens is 1. The number of ether oxygens (including phenoxy) is 1. The first-order chi connectivity index (χ1) is 8.76. The normalized spacial score (nSPS) is 10.6. The number of carbonyl (C=O) groups excluding carboxylic acids is 1. The van der Waals surface area contributed by atoms with Gasteiger partial charge >= 0.3 is 0 Å². The quantitative estimate of drug-likeness (QED) is 0.733. The molecule has 18 heavy (non-hydrogen) atoms. The molecule has 0 atom stereocenters. The summed E-state index contributed by atoms with van der Waals surface area (Å²) in [6, 6.07) is 5.81. The zero-order valence-electron chi connectivity index (χ0n) is 10.2. The van der Waals surface area contributed by atoms with Crippen LogP contribution in [0, 0.1) is 0 Å². The standard InChI is InChI=1S/C13H16N2O3/c1-18-11-4-2-3-10-13(11)9(7-15-10)5-6-14-12(17)8-16/h2-4,7,15-16H,5-6,8H2,1H3,(H,14,17). The Kier molecular flexibility index (Phi) is 3.84. The van der Waals surface area contributed by atoms with Gasteiger partial charge in [0.25, 0.3) is 0 Å². The number of hydrogen-bond acceptors (Lipinski definition) is 3. The van der Waals surface area contributed by atoms with Crippen molar-refractivity contribution in [3.63, 3.8) is 0 Å². The van der Waals surface area contributed by atoms with Crippen molar-refractivity contribution >= 4 is 16.8 Å². The van der Waals surface area contributed by atoms with Crippen molar-refractivity contribution in [1.29, 1.82) is 0 Å². The molecule has 1 amide bonds. The fraction of sp³-hybridized carbons (Fsp3) is 0.308. The highest BCUT2D eigenvalue weighted by Gasteiger charge is 2.08. The molecule has 0 aliphatic heterocycles. The number of aromatic nitrogens is 1. The fourth-order valence-corrected chi connectivity index (χ4v) is 1.98. The van der Waals surface area contributed by atoms with E-state index in [1.54, 1.807) is 7.11 Å². The minimum Gasteiger partial charge on any atom is -0.496 e. The van der Waals surface area contributed by atoms with Crippen molar-refractivity contribution < 1.29 is 14.6 Å². The largest absolute Gasteiger partial charge is 0.496 e. The van der Waals surface area contributed by atoms with E-state index in [-0.39, 0.29) is 5.91 Å². The topological polar surface area (TPSA) is 74.3 Å². The zero-order valence-corrected chi connectivity index (χ0v) is 10.2. The molecule has 0 unspecified atom stereocenters. The summed E-state index contributed by atoms with van der Waals surface area (Å²) in [6.07, 6.45) is 2.60. The van der Waals surface area contributed by atoms with Gasteiger partial charge in [0.05, 0.1) is 7.11 Å². The molecule has 5 nitrogen and oxygen atoms in total. The summed E-state index contributed by atoms with van der Waals surface area (Å²) in [5, 5.41) is 12.3. The van der Waals surface area contributed by atoms with Crippen LogP contribution in [0.3, 0.4) is 0 Å². The maximum absolute atomic E-state index is 10.9. The lowest BCUT2D eigenvalue weighted by molar-refractivity contribution is -0.123. The van der Waals surface area contributed by atoms with Crippen LogP contribution in [0.25, 0.3) is 10.9 Å². The van der Waals surface area contributed by atoms with Gasteiger partial charge in [-0.05, 0) is 24.1 Å². The number of benzene rings is 1. The molecule has 0 saturated heterocycles. The molecule has 0 radical (unpaired) electrons. The summed E-state index contributed by atoms with van der Waals surface area (Å²) in [6.45, 7) is 0.0155. The Morgan fingerprint density at radius 1 is 1.50 bits per heavy atom. The monoisotopic (exact) mass is 248 g/mol. The number of methoxy groups -OCH3 is 1. The molecule has 1 heterocycles. The average Bonchev–Trinajstić information content (AvgIpc) is 2.82. The molecular formula is C13H16N2O3. The third-order valence-electron chi connectivity index (χ3n) is 2.83. The number of rotatable bonds is 5. The number of fused-ring (bicyclic) bond motifs is 1. The first kappa shape index (κ1) is 12.4. The van der Waals surface area contributed by atoms with E-state index in [4.69, 9.17) is 9.84 Å². The van der Waals surface area contributed by atoms with Gasteiger partial charge in [-0.25, -0.2) is 0 Å². The van der Waals surface area contributed by atoms with Crippen molar-refractivity contribution in [2.24, 2.45) is 0 Å². The van der Waals surface area contributed by atoms with Crippen LogP contribution in [-0.2, 0) is 11.2 Å². The van der Waals surface area contributed by atoms with E-state index in [0.717, 1.165) is 22.2 Å². The van der Waals surface area contributed by atoms with Crippen molar-refractivity contribution in [2.45, 2.75) is 6.42 Å². The number of amides is 1. The van der Waals surface area contributed by atoms with Crippen molar-refractivity contribution in [1.82, 2.24) is 10.3 Å². The number of nitrogens with one attached hydrogen (secondary N) is 2. The van der Waals surface area contributed by atoms with Crippen LogP contribution in [0.15, 0.2) is 24.4 Å². The van der Waals surface area contributed by atoms with E-state index >= 15 is 0 Å². The zero-order chi connectivity index (χ0) is 13.0. The van der Waals surface area contributed by atoms with Gasteiger partial charge in [0.15, 0.2) is 0 Å². The molecule has 1 aromatic heterocycles. The molecule has 5 heteroatoms. The van der Waals surface area contributed by atoms with Gasteiger partial charge < -0.3 is 20.1 Å². The minimum absolute atomic E-state index is 0.359. The van der Waals surface area contributed by atoms with E-state index in [0.29, 0.717) is 13.0 Å². The molecule has 96 valence electrons. The molecule has 1 aromatic carbocycles. The van der Waals surface area contributed by atoms with Crippen LogP contribution in [0.5, 0.6) is 5.75 Å². The Balaban J connectivity index is 2.16.